The number of amides is 2. The van der Waals surface area contributed by atoms with E-state index >= 15 is 0 Å². The van der Waals surface area contributed by atoms with Gasteiger partial charge in [-0.15, -0.1) is 0 Å². The Morgan fingerprint density at radius 3 is 2.67 bits per heavy atom. The average molecular weight is 320 g/mol. The van der Waals surface area contributed by atoms with Crippen LogP contribution in [0.15, 0.2) is 24.3 Å². The van der Waals surface area contributed by atoms with E-state index in [1.165, 1.54) is 18.2 Å². The van der Waals surface area contributed by atoms with Gasteiger partial charge in [0, 0.05) is 6.04 Å². The van der Waals surface area contributed by atoms with Gasteiger partial charge in [0.1, 0.15) is 5.75 Å². The number of alkyl halides is 2. The Balaban J connectivity index is 1.97. The molecule has 0 bridgehead atoms. The minimum absolute atomic E-state index is 0.0308. The maximum atomic E-state index is 12.2. The number of hydrogen-bond acceptors (Lipinski definition) is 4. The Labute approximate surface area is 120 Å². The average Bonchev–Trinajstić information content (AvgIpc) is 2.70. The number of benzene rings is 1. The summed E-state index contributed by atoms with van der Waals surface area (Å²) in [7, 11) is -3.10. The molecule has 0 radical (unpaired) electrons. The first-order valence-corrected chi connectivity index (χ1v) is 7.99. The van der Waals surface area contributed by atoms with Crippen LogP contribution < -0.4 is 15.4 Å². The van der Waals surface area contributed by atoms with Gasteiger partial charge in [-0.3, -0.25) is 0 Å². The summed E-state index contributed by atoms with van der Waals surface area (Å²) in [6.07, 6.45) is 0.338. The number of halogens is 2. The van der Waals surface area contributed by atoms with Gasteiger partial charge in [0.15, 0.2) is 9.84 Å². The fraction of sp³-hybridized carbons (Fsp3) is 0.417. The van der Waals surface area contributed by atoms with Crippen LogP contribution in [0.1, 0.15) is 6.42 Å². The van der Waals surface area contributed by atoms with Crippen LogP contribution in [0.25, 0.3) is 0 Å². The summed E-state index contributed by atoms with van der Waals surface area (Å²) >= 11 is 0. The molecule has 21 heavy (non-hydrogen) atoms. The highest BCUT2D eigenvalue weighted by molar-refractivity contribution is 7.91. The molecule has 116 valence electrons. The molecule has 1 heterocycles. The standard InChI is InChI=1S/C12H14F2N2O4S/c13-11(14)20-10-4-2-1-3-9(10)16-12(17)15-8-5-6-21(18,19)7-8/h1-4,8,11H,5-7H2,(H2,15,16,17)/t8-/m1/s1. The molecule has 6 nitrogen and oxygen atoms in total. The molecule has 1 fully saturated rings. The van der Waals surface area contributed by atoms with E-state index in [4.69, 9.17) is 0 Å². The van der Waals surface area contributed by atoms with Crippen LogP contribution >= 0.6 is 0 Å². The van der Waals surface area contributed by atoms with E-state index in [1.54, 1.807) is 6.07 Å². The van der Waals surface area contributed by atoms with Crippen LogP contribution in [0.3, 0.4) is 0 Å². The molecule has 1 aliphatic rings. The van der Waals surface area contributed by atoms with Crippen molar-refractivity contribution in [3.05, 3.63) is 24.3 Å². The first kappa shape index (κ1) is 15.5. The minimum Gasteiger partial charge on any atom is -0.433 e. The molecule has 2 N–H and O–H groups in total. The molecule has 0 saturated carbocycles. The summed E-state index contributed by atoms with van der Waals surface area (Å²) in [4.78, 5) is 11.8. The molecule has 1 saturated heterocycles. The number of urea groups is 1. The smallest absolute Gasteiger partial charge is 0.387 e. The third-order valence-electron chi connectivity index (χ3n) is 2.92. The van der Waals surface area contributed by atoms with E-state index in [1.807, 2.05) is 0 Å². The van der Waals surface area contributed by atoms with Crippen molar-refractivity contribution in [3.8, 4) is 5.75 Å². The lowest BCUT2D eigenvalue weighted by Gasteiger charge is -2.14. The lowest BCUT2D eigenvalue weighted by Crippen LogP contribution is -2.38. The Morgan fingerprint density at radius 2 is 2.05 bits per heavy atom. The maximum Gasteiger partial charge on any atom is 0.387 e. The molecule has 0 aliphatic carbocycles. The first-order valence-electron chi connectivity index (χ1n) is 6.17. The number of para-hydroxylation sites is 2. The van der Waals surface area contributed by atoms with Crippen LogP contribution in [0.4, 0.5) is 19.3 Å². The van der Waals surface area contributed by atoms with E-state index in [-0.39, 0.29) is 22.9 Å². The molecule has 2 rings (SSSR count). The second-order valence-corrected chi connectivity index (χ2v) is 6.80. The van der Waals surface area contributed by atoms with Crippen molar-refractivity contribution >= 4 is 21.6 Å². The summed E-state index contributed by atoms with van der Waals surface area (Å²) in [5.41, 5.74) is 0.0798. The largest absolute Gasteiger partial charge is 0.433 e. The van der Waals surface area contributed by atoms with Gasteiger partial charge in [0.2, 0.25) is 0 Å². The molecule has 9 heteroatoms. The molecular formula is C12H14F2N2O4S. The summed E-state index contributed by atoms with van der Waals surface area (Å²) in [5.74, 6) is -0.250. The molecule has 0 spiro atoms. The van der Waals surface area contributed by atoms with E-state index in [2.05, 4.69) is 15.4 Å². The highest BCUT2D eigenvalue weighted by atomic mass is 32.2. The third kappa shape index (κ3) is 4.55. The van der Waals surface area contributed by atoms with E-state index < -0.39 is 28.5 Å². The summed E-state index contributed by atoms with van der Waals surface area (Å²) in [5, 5.41) is 4.86. The zero-order valence-electron chi connectivity index (χ0n) is 10.9. The van der Waals surface area contributed by atoms with E-state index in [0.29, 0.717) is 6.42 Å². The van der Waals surface area contributed by atoms with Crippen molar-refractivity contribution in [3.63, 3.8) is 0 Å². The Kier molecular flexibility index (Phi) is 4.61. The quantitative estimate of drug-likeness (QED) is 0.882. The van der Waals surface area contributed by atoms with Gasteiger partial charge in [-0.2, -0.15) is 8.78 Å². The van der Waals surface area contributed by atoms with Gasteiger partial charge < -0.3 is 15.4 Å². The monoisotopic (exact) mass is 320 g/mol. The van der Waals surface area contributed by atoms with Crippen LogP contribution in [0, 0.1) is 0 Å². The number of carbonyl (C=O) groups is 1. The fourth-order valence-electron chi connectivity index (χ4n) is 2.02. The van der Waals surface area contributed by atoms with Crippen LogP contribution in [-0.2, 0) is 9.84 Å². The molecule has 1 aromatic rings. The van der Waals surface area contributed by atoms with Gasteiger partial charge in [-0.05, 0) is 18.6 Å². The normalized spacial score (nSPS) is 20.2. The number of ether oxygens (including phenoxy) is 1. The number of nitrogens with one attached hydrogen (secondary N) is 2. The van der Waals surface area contributed by atoms with Crippen molar-refractivity contribution in [2.24, 2.45) is 0 Å². The van der Waals surface area contributed by atoms with Crippen molar-refractivity contribution in [2.75, 3.05) is 16.8 Å². The zero-order valence-corrected chi connectivity index (χ0v) is 11.7. The van der Waals surface area contributed by atoms with Gasteiger partial charge in [-0.1, -0.05) is 12.1 Å². The number of hydrogen-bond donors (Lipinski definition) is 2. The van der Waals surface area contributed by atoms with Gasteiger partial charge in [0.05, 0.1) is 17.2 Å². The van der Waals surface area contributed by atoms with Crippen LogP contribution in [0.5, 0.6) is 5.75 Å². The SMILES string of the molecule is O=C(Nc1ccccc1OC(F)F)N[C@@H]1CCS(=O)(=O)C1. The van der Waals surface area contributed by atoms with Gasteiger partial charge >= 0.3 is 12.6 Å². The molecule has 0 unspecified atom stereocenters. The van der Waals surface area contributed by atoms with Gasteiger partial charge in [0.25, 0.3) is 0 Å². The molecule has 2 amide bonds. The molecular weight excluding hydrogens is 306 g/mol. The highest BCUT2D eigenvalue weighted by Crippen LogP contribution is 2.25. The van der Waals surface area contributed by atoms with Crippen molar-refractivity contribution in [2.45, 2.75) is 19.1 Å². The molecule has 1 atom stereocenters. The number of sulfone groups is 1. The number of anilines is 1. The predicted molar refractivity (Wildman–Crippen MR) is 72.3 cm³/mol. The lowest BCUT2D eigenvalue weighted by atomic mass is 10.2. The van der Waals surface area contributed by atoms with E-state index in [9.17, 15) is 22.0 Å². The Bertz CT molecular complexity index is 621. The number of carbonyl (C=O) groups excluding carboxylic acids is 1. The number of rotatable bonds is 4. The van der Waals surface area contributed by atoms with Crippen LogP contribution in [0.2, 0.25) is 0 Å². The van der Waals surface area contributed by atoms with Crippen molar-refractivity contribution < 1.29 is 26.7 Å². The predicted octanol–water partition coefficient (Wildman–Crippen LogP) is 1.60. The molecule has 0 aromatic heterocycles. The third-order valence-corrected chi connectivity index (χ3v) is 4.69. The van der Waals surface area contributed by atoms with Crippen molar-refractivity contribution in [1.29, 1.82) is 0 Å². The van der Waals surface area contributed by atoms with Crippen molar-refractivity contribution in [1.82, 2.24) is 5.32 Å². The second kappa shape index (κ2) is 6.25. The highest BCUT2D eigenvalue weighted by Gasteiger charge is 2.29. The first-order chi connectivity index (χ1) is 9.85. The summed E-state index contributed by atoms with van der Waals surface area (Å²) in [6.45, 7) is -3.00. The van der Waals surface area contributed by atoms with E-state index in [0.717, 1.165) is 0 Å². The molecule has 1 aliphatic heterocycles. The Morgan fingerprint density at radius 1 is 1.33 bits per heavy atom. The maximum absolute atomic E-state index is 12.2. The summed E-state index contributed by atoms with van der Waals surface area (Å²) < 4.78 is 51.3. The lowest BCUT2D eigenvalue weighted by molar-refractivity contribution is -0.0493. The second-order valence-electron chi connectivity index (χ2n) is 4.57. The Hall–Kier alpha value is -1.90. The topological polar surface area (TPSA) is 84.5 Å². The fourth-order valence-corrected chi connectivity index (χ4v) is 3.69. The minimum atomic E-state index is -3.10. The van der Waals surface area contributed by atoms with Crippen LogP contribution in [-0.4, -0.2) is 38.6 Å². The molecule has 1 aromatic carbocycles. The van der Waals surface area contributed by atoms with Gasteiger partial charge in [-0.25, -0.2) is 13.2 Å². The zero-order chi connectivity index (χ0) is 15.5. The summed E-state index contributed by atoms with van der Waals surface area (Å²) in [6, 6.07) is 4.60.